The van der Waals surface area contributed by atoms with Crippen molar-refractivity contribution < 1.29 is 0 Å². The molecular formula is C9H11ClN2. The summed E-state index contributed by atoms with van der Waals surface area (Å²) in [6.45, 7) is 1.05. The Hall–Kier alpha value is -0.760. The average Bonchev–Trinajstić information content (AvgIpc) is 2.86. The summed E-state index contributed by atoms with van der Waals surface area (Å²) in [5.74, 6) is 0.870. The number of rotatable bonds is 3. The van der Waals surface area contributed by atoms with Crippen LogP contribution < -0.4 is 5.32 Å². The largest absolute Gasteiger partial charge is 0.383 e. The summed E-state index contributed by atoms with van der Waals surface area (Å²) >= 11 is 5.90. The number of nitrogens with one attached hydrogen (secondary N) is 1. The monoisotopic (exact) mass is 182 g/mol. The van der Waals surface area contributed by atoms with Gasteiger partial charge in [-0.05, 0) is 24.8 Å². The molecule has 0 unspecified atom stereocenters. The lowest BCUT2D eigenvalue weighted by Gasteiger charge is -2.05. The highest BCUT2D eigenvalue weighted by atomic mass is 35.5. The molecule has 1 heterocycles. The van der Waals surface area contributed by atoms with Gasteiger partial charge in [0.25, 0.3) is 0 Å². The van der Waals surface area contributed by atoms with E-state index in [4.69, 9.17) is 11.6 Å². The summed E-state index contributed by atoms with van der Waals surface area (Å²) in [7, 11) is 0. The summed E-state index contributed by atoms with van der Waals surface area (Å²) < 4.78 is 0. The van der Waals surface area contributed by atoms with Gasteiger partial charge in [0, 0.05) is 18.9 Å². The topological polar surface area (TPSA) is 24.9 Å². The second-order valence-electron chi connectivity index (χ2n) is 3.18. The van der Waals surface area contributed by atoms with E-state index in [0.29, 0.717) is 5.02 Å². The highest BCUT2D eigenvalue weighted by Gasteiger charge is 2.20. The molecule has 1 aliphatic carbocycles. The first kappa shape index (κ1) is 7.87. The van der Waals surface area contributed by atoms with Crippen molar-refractivity contribution in [2.45, 2.75) is 12.8 Å². The van der Waals surface area contributed by atoms with Crippen LogP contribution in [0.4, 0.5) is 5.69 Å². The number of nitrogens with zero attached hydrogens (tertiary/aromatic N) is 1. The Morgan fingerprint density at radius 1 is 1.58 bits per heavy atom. The van der Waals surface area contributed by atoms with Crippen molar-refractivity contribution in [3.05, 3.63) is 23.5 Å². The van der Waals surface area contributed by atoms with Gasteiger partial charge in [0.1, 0.15) is 0 Å². The molecule has 0 radical (unpaired) electrons. The van der Waals surface area contributed by atoms with E-state index in [1.54, 1.807) is 12.4 Å². The predicted molar refractivity (Wildman–Crippen MR) is 50.5 cm³/mol. The lowest BCUT2D eigenvalue weighted by atomic mass is 10.3. The van der Waals surface area contributed by atoms with Crippen LogP contribution in [-0.4, -0.2) is 11.5 Å². The molecule has 1 N–H and O–H groups in total. The number of pyridine rings is 1. The van der Waals surface area contributed by atoms with Crippen LogP contribution in [0.1, 0.15) is 12.8 Å². The van der Waals surface area contributed by atoms with Crippen LogP contribution in [0, 0.1) is 5.92 Å². The van der Waals surface area contributed by atoms with Crippen molar-refractivity contribution in [3.63, 3.8) is 0 Å². The van der Waals surface area contributed by atoms with Gasteiger partial charge >= 0.3 is 0 Å². The van der Waals surface area contributed by atoms with Crippen molar-refractivity contribution in [2.24, 2.45) is 5.92 Å². The lowest BCUT2D eigenvalue weighted by Crippen LogP contribution is -2.03. The van der Waals surface area contributed by atoms with Gasteiger partial charge < -0.3 is 5.32 Å². The third kappa shape index (κ3) is 1.89. The number of halogens is 1. The molecule has 0 amide bonds. The van der Waals surface area contributed by atoms with Crippen LogP contribution in [0.25, 0.3) is 0 Å². The van der Waals surface area contributed by atoms with Gasteiger partial charge in [-0.2, -0.15) is 0 Å². The molecule has 1 saturated carbocycles. The normalized spacial score (nSPS) is 16.1. The Bertz CT molecular complexity index is 271. The maximum atomic E-state index is 5.90. The van der Waals surface area contributed by atoms with Crippen molar-refractivity contribution in [1.29, 1.82) is 0 Å². The van der Waals surface area contributed by atoms with E-state index in [-0.39, 0.29) is 0 Å². The van der Waals surface area contributed by atoms with E-state index in [1.165, 1.54) is 12.8 Å². The molecule has 2 nitrogen and oxygen atoms in total. The zero-order valence-electron chi connectivity index (χ0n) is 6.76. The summed E-state index contributed by atoms with van der Waals surface area (Å²) in [5, 5.41) is 4.01. The van der Waals surface area contributed by atoms with E-state index < -0.39 is 0 Å². The molecule has 0 bridgehead atoms. The van der Waals surface area contributed by atoms with Crippen molar-refractivity contribution in [1.82, 2.24) is 4.98 Å². The molecule has 0 aromatic carbocycles. The second kappa shape index (κ2) is 3.31. The van der Waals surface area contributed by atoms with Gasteiger partial charge in [-0.25, -0.2) is 0 Å². The molecule has 2 rings (SSSR count). The maximum Gasteiger partial charge on any atom is 0.0820 e. The summed E-state index contributed by atoms with van der Waals surface area (Å²) in [6.07, 6.45) is 6.13. The molecule has 1 aromatic heterocycles. The van der Waals surface area contributed by atoms with Gasteiger partial charge in [0.2, 0.25) is 0 Å². The van der Waals surface area contributed by atoms with Crippen LogP contribution in [0.2, 0.25) is 5.02 Å². The molecule has 0 atom stereocenters. The van der Waals surface area contributed by atoms with E-state index >= 15 is 0 Å². The Balaban J connectivity index is 1.96. The molecule has 0 aliphatic heterocycles. The molecule has 0 saturated heterocycles. The predicted octanol–water partition coefficient (Wildman–Crippen LogP) is 2.56. The fourth-order valence-electron chi connectivity index (χ4n) is 1.09. The summed E-state index contributed by atoms with van der Waals surface area (Å²) in [6, 6.07) is 1.91. The first-order valence-electron chi connectivity index (χ1n) is 4.19. The smallest absolute Gasteiger partial charge is 0.0820 e. The van der Waals surface area contributed by atoms with Gasteiger partial charge in [-0.15, -0.1) is 0 Å². The molecule has 64 valence electrons. The highest BCUT2D eigenvalue weighted by Crippen LogP contribution is 2.29. The van der Waals surface area contributed by atoms with Crippen LogP contribution in [0.3, 0.4) is 0 Å². The van der Waals surface area contributed by atoms with Gasteiger partial charge in [0.05, 0.1) is 10.7 Å². The minimum atomic E-state index is 0.707. The first-order chi connectivity index (χ1) is 5.86. The fraction of sp³-hybridized carbons (Fsp3) is 0.444. The lowest BCUT2D eigenvalue weighted by molar-refractivity contribution is 0.889. The van der Waals surface area contributed by atoms with Gasteiger partial charge in [-0.3, -0.25) is 4.98 Å². The number of hydrogen-bond acceptors (Lipinski definition) is 2. The number of aromatic nitrogens is 1. The van der Waals surface area contributed by atoms with E-state index in [0.717, 1.165) is 18.2 Å². The van der Waals surface area contributed by atoms with Crippen LogP contribution in [0.15, 0.2) is 18.5 Å². The Labute approximate surface area is 77.0 Å². The number of anilines is 1. The standard InChI is InChI=1S/C9H11ClN2/c10-8-6-11-4-3-9(8)12-5-7-1-2-7/h3-4,6-7H,1-2,5H2,(H,11,12). The molecule has 3 heteroatoms. The number of hydrogen-bond donors (Lipinski definition) is 1. The molecule has 0 spiro atoms. The van der Waals surface area contributed by atoms with E-state index in [2.05, 4.69) is 10.3 Å². The van der Waals surface area contributed by atoms with Crippen LogP contribution in [-0.2, 0) is 0 Å². The third-order valence-corrected chi connectivity index (χ3v) is 2.35. The summed E-state index contributed by atoms with van der Waals surface area (Å²) in [5.41, 5.74) is 0.999. The molecule has 1 aliphatic rings. The fourth-order valence-corrected chi connectivity index (χ4v) is 1.28. The first-order valence-corrected chi connectivity index (χ1v) is 4.57. The van der Waals surface area contributed by atoms with E-state index in [9.17, 15) is 0 Å². The van der Waals surface area contributed by atoms with Crippen molar-refractivity contribution in [3.8, 4) is 0 Å². The minimum Gasteiger partial charge on any atom is -0.383 e. The minimum absolute atomic E-state index is 0.707. The Kier molecular flexibility index (Phi) is 2.17. The maximum absolute atomic E-state index is 5.90. The molecular weight excluding hydrogens is 172 g/mol. The zero-order valence-corrected chi connectivity index (χ0v) is 7.51. The summed E-state index contributed by atoms with van der Waals surface area (Å²) in [4.78, 5) is 3.92. The van der Waals surface area contributed by atoms with Crippen LogP contribution >= 0.6 is 11.6 Å². The highest BCUT2D eigenvalue weighted by molar-refractivity contribution is 6.33. The second-order valence-corrected chi connectivity index (χ2v) is 3.59. The Morgan fingerprint density at radius 2 is 2.42 bits per heavy atom. The zero-order chi connectivity index (χ0) is 8.39. The van der Waals surface area contributed by atoms with Gasteiger partial charge in [0.15, 0.2) is 0 Å². The SMILES string of the molecule is Clc1cnccc1NCC1CC1. The third-order valence-electron chi connectivity index (χ3n) is 2.05. The van der Waals surface area contributed by atoms with E-state index in [1.807, 2.05) is 6.07 Å². The van der Waals surface area contributed by atoms with Crippen molar-refractivity contribution >= 4 is 17.3 Å². The average molecular weight is 183 g/mol. The molecule has 1 aromatic rings. The Morgan fingerprint density at radius 3 is 3.08 bits per heavy atom. The van der Waals surface area contributed by atoms with Gasteiger partial charge in [-0.1, -0.05) is 11.6 Å². The quantitative estimate of drug-likeness (QED) is 0.777. The van der Waals surface area contributed by atoms with Crippen LogP contribution in [0.5, 0.6) is 0 Å². The molecule has 1 fully saturated rings. The van der Waals surface area contributed by atoms with Crippen molar-refractivity contribution in [2.75, 3.05) is 11.9 Å². The molecule has 12 heavy (non-hydrogen) atoms.